The van der Waals surface area contributed by atoms with E-state index in [0.29, 0.717) is 10.8 Å². The van der Waals surface area contributed by atoms with Crippen LogP contribution in [0.4, 0.5) is 5.69 Å². The van der Waals surface area contributed by atoms with E-state index in [4.69, 9.17) is 16.3 Å². The zero-order valence-electron chi connectivity index (χ0n) is 10.8. The third-order valence-corrected chi connectivity index (χ3v) is 3.64. The van der Waals surface area contributed by atoms with Crippen molar-refractivity contribution in [1.82, 2.24) is 0 Å². The Hall–Kier alpha value is -1.27. The van der Waals surface area contributed by atoms with E-state index in [2.05, 4.69) is 27.9 Å². The van der Waals surface area contributed by atoms with Gasteiger partial charge in [0.1, 0.15) is 5.75 Å². The van der Waals surface area contributed by atoms with Gasteiger partial charge in [-0.1, -0.05) is 23.7 Å². The Kier molecular flexibility index (Phi) is 5.25. The van der Waals surface area contributed by atoms with Crippen molar-refractivity contribution in [2.75, 3.05) is 11.9 Å². The number of hydrogen-bond donors (Lipinski definition) is 1. The summed E-state index contributed by atoms with van der Waals surface area (Å²) in [7, 11) is 0. The topological polar surface area (TPSA) is 38.3 Å². The van der Waals surface area contributed by atoms with Gasteiger partial charge in [-0.25, -0.2) is 0 Å². The van der Waals surface area contributed by atoms with E-state index in [0.717, 1.165) is 14.8 Å². The Labute approximate surface area is 136 Å². The maximum absolute atomic E-state index is 11.9. The molecule has 0 saturated heterocycles. The number of halogens is 2. The van der Waals surface area contributed by atoms with Gasteiger partial charge in [0.15, 0.2) is 6.61 Å². The molecule has 0 radical (unpaired) electrons. The highest BCUT2D eigenvalue weighted by atomic mass is 127. The molecule has 0 bridgehead atoms. The summed E-state index contributed by atoms with van der Waals surface area (Å²) >= 11 is 8.18. The van der Waals surface area contributed by atoms with Crippen molar-refractivity contribution >= 4 is 45.8 Å². The molecular weight excluding hydrogens is 389 g/mol. The number of anilines is 1. The fraction of sp³-hybridized carbons (Fsp3) is 0.133. The van der Waals surface area contributed by atoms with E-state index in [1.54, 1.807) is 12.1 Å². The second-order valence-corrected chi connectivity index (χ2v) is 5.88. The van der Waals surface area contributed by atoms with Gasteiger partial charge in [0, 0.05) is 9.26 Å². The van der Waals surface area contributed by atoms with E-state index in [1.165, 1.54) is 0 Å². The first-order chi connectivity index (χ1) is 9.56. The first kappa shape index (κ1) is 15.1. The van der Waals surface area contributed by atoms with Crippen molar-refractivity contribution in [3.8, 4) is 5.75 Å². The Morgan fingerprint density at radius 2 is 2.05 bits per heavy atom. The standard InChI is InChI=1S/C15H13ClINO2/c1-10-8-11(17)6-7-13(10)18-15(19)9-20-14-5-3-2-4-12(14)16/h2-8H,9H2,1H3,(H,18,19). The molecule has 0 fully saturated rings. The van der Waals surface area contributed by atoms with Gasteiger partial charge in [0.05, 0.1) is 5.02 Å². The molecule has 0 aromatic heterocycles. The lowest BCUT2D eigenvalue weighted by molar-refractivity contribution is -0.118. The predicted octanol–water partition coefficient (Wildman–Crippen LogP) is 4.27. The second-order valence-electron chi connectivity index (χ2n) is 4.23. The lowest BCUT2D eigenvalue weighted by atomic mass is 10.2. The largest absolute Gasteiger partial charge is 0.482 e. The number of rotatable bonds is 4. The Balaban J connectivity index is 1.94. The van der Waals surface area contributed by atoms with Crippen molar-refractivity contribution in [1.29, 1.82) is 0 Å². The summed E-state index contributed by atoms with van der Waals surface area (Å²) in [6, 6.07) is 12.9. The van der Waals surface area contributed by atoms with Gasteiger partial charge in [-0.05, 0) is 65.4 Å². The van der Waals surface area contributed by atoms with Gasteiger partial charge >= 0.3 is 0 Å². The van der Waals surface area contributed by atoms with Crippen LogP contribution in [-0.2, 0) is 4.79 Å². The Morgan fingerprint density at radius 3 is 2.75 bits per heavy atom. The quantitative estimate of drug-likeness (QED) is 0.777. The van der Waals surface area contributed by atoms with Crippen molar-refractivity contribution in [3.05, 3.63) is 56.6 Å². The molecule has 20 heavy (non-hydrogen) atoms. The normalized spacial score (nSPS) is 10.2. The van der Waals surface area contributed by atoms with Crippen LogP contribution in [0.1, 0.15) is 5.56 Å². The summed E-state index contributed by atoms with van der Waals surface area (Å²) in [6.07, 6.45) is 0. The molecule has 0 atom stereocenters. The number of para-hydroxylation sites is 1. The molecule has 1 N–H and O–H groups in total. The smallest absolute Gasteiger partial charge is 0.262 e. The number of ether oxygens (including phenoxy) is 1. The highest BCUT2D eigenvalue weighted by Crippen LogP contribution is 2.23. The molecule has 0 aliphatic carbocycles. The summed E-state index contributed by atoms with van der Waals surface area (Å²) < 4.78 is 6.52. The molecule has 0 aliphatic rings. The first-order valence-electron chi connectivity index (χ1n) is 5.99. The zero-order chi connectivity index (χ0) is 14.5. The average Bonchev–Trinajstić information content (AvgIpc) is 2.41. The lowest BCUT2D eigenvalue weighted by Gasteiger charge is -2.10. The molecule has 2 aromatic carbocycles. The van der Waals surface area contributed by atoms with Gasteiger partial charge in [0.2, 0.25) is 0 Å². The van der Waals surface area contributed by atoms with Crippen molar-refractivity contribution in [2.24, 2.45) is 0 Å². The number of hydrogen-bond acceptors (Lipinski definition) is 2. The molecule has 104 valence electrons. The van der Waals surface area contributed by atoms with Crippen LogP contribution in [0.5, 0.6) is 5.75 Å². The van der Waals surface area contributed by atoms with Crippen LogP contribution in [0.3, 0.4) is 0 Å². The minimum Gasteiger partial charge on any atom is -0.482 e. The summed E-state index contributed by atoms with van der Waals surface area (Å²) in [6.45, 7) is 1.88. The summed E-state index contributed by atoms with van der Waals surface area (Å²) in [4.78, 5) is 11.9. The Bertz CT molecular complexity index is 631. The van der Waals surface area contributed by atoms with E-state index < -0.39 is 0 Å². The molecule has 2 rings (SSSR count). The van der Waals surface area contributed by atoms with Crippen LogP contribution < -0.4 is 10.1 Å². The maximum Gasteiger partial charge on any atom is 0.262 e. The molecule has 1 amide bonds. The number of benzene rings is 2. The van der Waals surface area contributed by atoms with Crippen LogP contribution in [0, 0.1) is 10.5 Å². The third-order valence-electron chi connectivity index (χ3n) is 2.66. The van der Waals surface area contributed by atoms with E-state index in [-0.39, 0.29) is 12.5 Å². The van der Waals surface area contributed by atoms with Crippen LogP contribution in [0.2, 0.25) is 5.02 Å². The first-order valence-corrected chi connectivity index (χ1v) is 7.45. The van der Waals surface area contributed by atoms with E-state index >= 15 is 0 Å². The SMILES string of the molecule is Cc1cc(I)ccc1NC(=O)COc1ccccc1Cl. The van der Waals surface area contributed by atoms with Crippen LogP contribution >= 0.6 is 34.2 Å². The fourth-order valence-corrected chi connectivity index (χ4v) is 2.50. The maximum atomic E-state index is 11.9. The molecule has 0 unspecified atom stereocenters. The van der Waals surface area contributed by atoms with Crippen LogP contribution in [0.15, 0.2) is 42.5 Å². The van der Waals surface area contributed by atoms with Crippen molar-refractivity contribution < 1.29 is 9.53 Å². The summed E-state index contributed by atoms with van der Waals surface area (Å²) in [5.74, 6) is 0.290. The van der Waals surface area contributed by atoms with Crippen molar-refractivity contribution in [2.45, 2.75) is 6.92 Å². The third kappa shape index (κ3) is 4.11. The number of aryl methyl sites for hydroxylation is 1. The number of carbonyl (C=O) groups excluding carboxylic acids is 1. The van der Waals surface area contributed by atoms with Crippen LogP contribution in [-0.4, -0.2) is 12.5 Å². The highest BCUT2D eigenvalue weighted by Gasteiger charge is 2.07. The molecule has 3 nitrogen and oxygen atoms in total. The van der Waals surface area contributed by atoms with E-state index in [1.807, 2.05) is 37.3 Å². The minimum absolute atomic E-state index is 0.0742. The van der Waals surface area contributed by atoms with Gasteiger partial charge in [-0.2, -0.15) is 0 Å². The second kappa shape index (κ2) is 6.95. The average molecular weight is 402 g/mol. The van der Waals surface area contributed by atoms with Gasteiger partial charge < -0.3 is 10.1 Å². The lowest BCUT2D eigenvalue weighted by Crippen LogP contribution is -2.20. The molecule has 0 heterocycles. The summed E-state index contributed by atoms with van der Waals surface area (Å²) in [5, 5.41) is 3.31. The van der Waals surface area contributed by atoms with Gasteiger partial charge in [0.25, 0.3) is 5.91 Å². The zero-order valence-corrected chi connectivity index (χ0v) is 13.7. The molecule has 0 aliphatic heterocycles. The Morgan fingerprint density at radius 1 is 1.30 bits per heavy atom. The number of nitrogens with one attached hydrogen (secondary N) is 1. The highest BCUT2D eigenvalue weighted by molar-refractivity contribution is 14.1. The fourth-order valence-electron chi connectivity index (χ4n) is 1.66. The van der Waals surface area contributed by atoms with Gasteiger partial charge in [-0.15, -0.1) is 0 Å². The van der Waals surface area contributed by atoms with Crippen LogP contribution in [0.25, 0.3) is 0 Å². The van der Waals surface area contributed by atoms with Gasteiger partial charge in [-0.3, -0.25) is 4.79 Å². The number of carbonyl (C=O) groups is 1. The monoisotopic (exact) mass is 401 g/mol. The predicted molar refractivity (Wildman–Crippen MR) is 89.5 cm³/mol. The molecule has 0 saturated carbocycles. The number of amides is 1. The minimum atomic E-state index is -0.214. The molecule has 5 heteroatoms. The molecular formula is C15H13ClINO2. The summed E-state index contributed by atoms with van der Waals surface area (Å²) in [5.41, 5.74) is 1.81. The van der Waals surface area contributed by atoms with Crippen molar-refractivity contribution in [3.63, 3.8) is 0 Å². The van der Waals surface area contributed by atoms with E-state index in [9.17, 15) is 4.79 Å². The molecule has 2 aromatic rings. The molecule has 0 spiro atoms.